The summed E-state index contributed by atoms with van der Waals surface area (Å²) in [6.07, 6.45) is 5.50. The van der Waals surface area contributed by atoms with Crippen LogP contribution >= 0.6 is 0 Å². The van der Waals surface area contributed by atoms with E-state index in [-0.39, 0.29) is 28.2 Å². The lowest BCUT2D eigenvalue weighted by molar-refractivity contribution is -0.336. The van der Waals surface area contributed by atoms with Gasteiger partial charge in [-0.05, 0) is 45.9 Å². The smallest absolute Gasteiger partial charge is 0.475 e. The molecule has 0 saturated heterocycles. The second-order valence-corrected chi connectivity index (χ2v) is 10.8. The Balaban J connectivity index is 1.68. The van der Waals surface area contributed by atoms with Gasteiger partial charge in [0.05, 0.1) is 0 Å². The maximum absolute atomic E-state index is 11.8. The zero-order valence-electron chi connectivity index (χ0n) is 19.4. The fourth-order valence-electron chi connectivity index (χ4n) is 4.78. The summed E-state index contributed by atoms with van der Waals surface area (Å²) in [5, 5.41) is 11.8. The molecule has 4 nitrogen and oxygen atoms in total. The van der Waals surface area contributed by atoms with E-state index in [9.17, 15) is 9.90 Å². The van der Waals surface area contributed by atoms with E-state index in [0.717, 1.165) is 5.56 Å². The molecule has 4 rings (SSSR count). The van der Waals surface area contributed by atoms with Gasteiger partial charge in [0.2, 0.25) is 0 Å². The highest BCUT2D eigenvalue weighted by Gasteiger charge is 2.38. The van der Waals surface area contributed by atoms with Crippen molar-refractivity contribution in [3.05, 3.63) is 82.4 Å². The molecule has 162 valence electrons. The van der Waals surface area contributed by atoms with Gasteiger partial charge in [-0.15, -0.1) is 0 Å². The van der Waals surface area contributed by atoms with Gasteiger partial charge < -0.3 is 5.11 Å². The molecule has 2 N–H and O–H groups in total. The maximum atomic E-state index is 11.8. The average molecular weight is 418 g/mol. The highest BCUT2D eigenvalue weighted by atomic mass is 16.3. The van der Waals surface area contributed by atoms with Gasteiger partial charge in [-0.25, -0.2) is 0 Å². The number of carbonyl (C=O) groups excluding carboxylic acids is 1. The van der Waals surface area contributed by atoms with Crippen molar-refractivity contribution in [3.63, 3.8) is 0 Å². The summed E-state index contributed by atoms with van der Waals surface area (Å²) in [4.78, 5) is 11.8. The van der Waals surface area contributed by atoms with Crippen molar-refractivity contribution in [2.45, 2.75) is 70.6 Å². The summed E-state index contributed by atoms with van der Waals surface area (Å²) in [6, 6.07) is 15.0. The molecule has 1 aliphatic carbocycles. The molecule has 0 spiro atoms. The summed E-state index contributed by atoms with van der Waals surface area (Å²) in [5.74, 6) is -0.141. The quantitative estimate of drug-likeness (QED) is 0.613. The average Bonchev–Trinajstić information content (AvgIpc) is 3.02. The Morgan fingerprint density at radius 1 is 0.935 bits per heavy atom. The number of nitrogens with one attached hydrogen (secondary N) is 1. The van der Waals surface area contributed by atoms with E-state index in [1.165, 1.54) is 45.9 Å². The molecule has 0 saturated carbocycles. The molecule has 0 atom stereocenters. The second-order valence-electron chi connectivity index (χ2n) is 10.8. The first-order valence-corrected chi connectivity index (χ1v) is 11.0. The van der Waals surface area contributed by atoms with E-state index < -0.39 is 0 Å². The number of aliphatic hydroxyl groups excluding tert-OH is 1. The van der Waals surface area contributed by atoms with E-state index in [1.54, 1.807) is 6.21 Å². The maximum Gasteiger partial charge on any atom is 0.503 e. The summed E-state index contributed by atoms with van der Waals surface area (Å²) >= 11 is 0. The molecule has 1 heterocycles. The van der Waals surface area contributed by atoms with Crippen LogP contribution in [0.2, 0.25) is 0 Å². The Labute approximate surface area is 185 Å². The molecule has 4 heteroatoms. The first-order chi connectivity index (χ1) is 14.4. The second kappa shape index (κ2) is 7.08. The summed E-state index contributed by atoms with van der Waals surface area (Å²) < 4.78 is 1.35. The fraction of sp³-hybridized carbons (Fsp3) is 0.407. The number of rotatable bonds is 3. The van der Waals surface area contributed by atoms with Crippen molar-refractivity contribution >= 4 is 12.2 Å². The van der Waals surface area contributed by atoms with Crippen LogP contribution in [-0.2, 0) is 16.2 Å². The van der Waals surface area contributed by atoms with Crippen LogP contribution in [0.3, 0.4) is 0 Å². The van der Waals surface area contributed by atoms with Gasteiger partial charge in [-0.3, -0.25) is 0 Å². The molecule has 31 heavy (non-hydrogen) atoms. The van der Waals surface area contributed by atoms with E-state index in [1.807, 2.05) is 12.1 Å². The highest BCUT2D eigenvalue weighted by Crippen LogP contribution is 2.47. The van der Waals surface area contributed by atoms with Gasteiger partial charge in [0, 0.05) is 11.0 Å². The molecule has 0 fully saturated rings. The van der Waals surface area contributed by atoms with E-state index in [0.29, 0.717) is 0 Å². The molecular formula is C27H33N2O2+. The van der Waals surface area contributed by atoms with Crippen LogP contribution in [-0.4, -0.2) is 21.9 Å². The topological polar surface area (TPSA) is 52.3 Å². The van der Waals surface area contributed by atoms with Crippen LogP contribution in [0.25, 0.3) is 0 Å². The molecule has 2 amide bonds. The van der Waals surface area contributed by atoms with Crippen LogP contribution in [0, 0.1) is 0 Å². The number of benzene rings is 2. The molecule has 0 aromatic heterocycles. The largest absolute Gasteiger partial charge is 0.503 e. The monoisotopic (exact) mass is 417 g/mol. The van der Waals surface area contributed by atoms with Gasteiger partial charge in [-0.2, -0.15) is 14.7 Å². The third-order valence-electron chi connectivity index (χ3n) is 7.23. The van der Waals surface area contributed by atoms with Gasteiger partial charge in [0.15, 0.2) is 6.20 Å². The predicted octanol–water partition coefficient (Wildman–Crippen LogP) is 5.87. The van der Waals surface area contributed by atoms with Crippen molar-refractivity contribution in [2.75, 3.05) is 0 Å². The van der Waals surface area contributed by atoms with Crippen LogP contribution in [0.15, 0.2) is 54.5 Å². The lowest BCUT2D eigenvalue weighted by atomic mass is 9.62. The van der Waals surface area contributed by atoms with Gasteiger partial charge >= 0.3 is 11.9 Å². The number of aliphatic hydroxyl groups is 1. The normalized spacial score (nSPS) is 20.9. The minimum atomic E-state index is -0.360. The molecule has 2 aromatic rings. The standard InChI is InChI=1S/C27H32N2O2/c1-25(2)13-14-26(3,4)22-15-20(11-12-21(22)25)27(5,6)19-9-7-18(8-10-19)16-29-17-23(30)28-24(29)31/h7-12,15-17H,13-14H2,1-6H3,(H-,28,30,31)/p+1. The number of carbonyl (C=O) groups is 1. The number of urea groups is 1. The summed E-state index contributed by atoms with van der Waals surface area (Å²) in [5.41, 5.74) is 6.66. The third kappa shape index (κ3) is 3.80. The first-order valence-electron chi connectivity index (χ1n) is 11.0. The summed E-state index contributed by atoms with van der Waals surface area (Å²) in [6.45, 7) is 14.0. The lowest BCUT2D eigenvalue weighted by Gasteiger charge is -2.43. The molecule has 1 aliphatic heterocycles. The number of hydrogen-bond acceptors (Lipinski definition) is 2. The molecule has 0 unspecified atom stereocenters. The molecular weight excluding hydrogens is 384 g/mol. The Morgan fingerprint density at radius 3 is 2.10 bits per heavy atom. The van der Waals surface area contributed by atoms with Gasteiger partial charge in [0.25, 0.3) is 0 Å². The Bertz CT molecular complexity index is 1100. The zero-order chi connectivity index (χ0) is 22.6. The Morgan fingerprint density at radius 2 is 1.52 bits per heavy atom. The van der Waals surface area contributed by atoms with Crippen molar-refractivity contribution in [1.82, 2.24) is 5.32 Å². The van der Waals surface area contributed by atoms with E-state index >= 15 is 0 Å². The van der Waals surface area contributed by atoms with Gasteiger partial charge in [-0.1, -0.05) is 84.0 Å². The Hall–Kier alpha value is -2.88. The van der Waals surface area contributed by atoms with Crippen molar-refractivity contribution in [3.8, 4) is 0 Å². The van der Waals surface area contributed by atoms with Crippen LogP contribution < -0.4 is 5.32 Å². The molecule has 2 aromatic carbocycles. The van der Waals surface area contributed by atoms with Crippen LogP contribution in [0.5, 0.6) is 0 Å². The van der Waals surface area contributed by atoms with Crippen molar-refractivity contribution in [2.24, 2.45) is 0 Å². The van der Waals surface area contributed by atoms with E-state index in [2.05, 4.69) is 77.2 Å². The molecule has 0 bridgehead atoms. The first kappa shape index (κ1) is 21.4. The van der Waals surface area contributed by atoms with Gasteiger partial charge in [0.1, 0.15) is 6.21 Å². The van der Waals surface area contributed by atoms with E-state index in [4.69, 9.17) is 0 Å². The number of nitrogens with zero attached hydrogens (tertiary/aromatic N) is 1. The number of fused-ring (bicyclic) bond motifs is 1. The third-order valence-corrected chi connectivity index (χ3v) is 7.23. The Kier molecular flexibility index (Phi) is 4.88. The van der Waals surface area contributed by atoms with Crippen LogP contribution in [0.4, 0.5) is 4.79 Å². The summed E-state index contributed by atoms with van der Waals surface area (Å²) in [7, 11) is 0. The predicted molar refractivity (Wildman–Crippen MR) is 125 cm³/mol. The number of amides is 2. The van der Waals surface area contributed by atoms with Crippen molar-refractivity contribution in [1.29, 1.82) is 0 Å². The fourth-order valence-corrected chi connectivity index (χ4v) is 4.78. The van der Waals surface area contributed by atoms with Crippen molar-refractivity contribution < 1.29 is 14.5 Å². The molecule has 2 aliphatic rings. The lowest BCUT2D eigenvalue weighted by Crippen LogP contribution is -2.34. The highest BCUT2D eigenvalue weighted by molar-refractivity contribution is 5.83. The minimum Gasteiger partial charge on any atom is -0.475 e. The zero-order valence-corrected chi connectivity index (χ0v) is 19.4. The number of hydrogen-bond donors (Lipinski definition) is 2. The SMILES string of the molecule is CC1(C)CCC(C)(C)c2cc(C(C)(C)c3ccc(C=[N+]4C=C(O)NC4=O)cc3)ccc21. The minimum absolute atomic E-state index is 0.141. The van der Waals surface area contributed by atoms with Crippen LogP contribution in [0.1, 0.15) is 82.2 Å². The molecule has 0 radical (unpaired) electrons.